The minimum atomic E-state index is -3.91. The number of benzene rings is 2. The summed E-state index contributed by atoms with van der Waals surface area (Å²) in [5.74, 6) is -4.20. The minimum absolute atomic E-state index is 0.109. The zero-order valence-electron chi connectivity index (χ0n) is 39.3. The van der Waals surface area contributed by atoms with Crippen molar-refractivity contribution < 1.29 is 79.3 Å². The second-order valence-corrected chi connectivity index (χ2v) is 18.2. The molecule has 0 amide bonds. The summed E-state index contributed by atoms with van der Waals surface area (Å²) >= 11 is 12.9. The molecule has 0 radical (unpaired) electrons. The summed E-state index contributed by atoms with van der Waals surface area (Å²) in [5.41, 5.74) is 13.7. The van der Waals surface area contributed by atoms with Crippen molar-refractivity contribution in [1.82, 2.24) is 10.6 Å². The number of rotatable bonds is 18. The Hall–Kier alpha value is -4.88. The van der Waals surface area contributed by atoms with E-state index < -0.39 is 55.9 Å². The number of quaternary nitrogens is 1. The Balaban J connectivity index is 0.000000548. The number of nitrogens with one attached hydrogen (secondary N) is 2. The van der Waals surface area contributed by atoms with E-state index in [0.717, 1.165) is 0 Å². The van der Waals surface area contributed by atoms with Gasteiger partial charge in [-0.1, -0.05) is 66.5 Å². The third kappa shape index (κ3) is 19.3. The molecule has 68 heavy (non-hydrogen) atoms. The van der Waals surface area contributed by atoms with Gasteiger partial charge < -0.3 is 55.1 Å². The second kappa shape index (κ2) is 30.6. The highest BCUT2D eigenvalue weighted by Crippen LogP contribution is 2.43. The largest absolute Gasteiger partial charge is 0.748 e. The maximum Gasteiger partial charge on any atom is 0.336 e. The van der Waals surface area contributed by atoms with Crippen LogP contribution in [0.1, 0.15) is 64.5 Å². The van der Waals surface area contributed by atoms with E-state index in [-0.39, 0.29) is 49.1 Å². The minimum Gasteiger partial charge on any atom is -0.748 e. The molecule has 2 aromatic rings. The number of ether oxygens (including phenoxy) is 6. The zero-order valence-corrected chi connectivity index (χ0v) is 42.4. The molecule has 2 aliphatic rings. The maximum atomic E-state index is 12.9. The van der Waals surface area contributed by atoms with Crippen LogP contribution in [0, 0.1) is 0 Å². The zero-order chi connectivity index (χ0) is 51.8. The van der Waals surface area contributed by atoms with Crippen LogP contribution >= 0.6 is 23.2 Å². The van der Waals surface area contributed by atoms with Crippen LogP contribution in [0.4, 0.5) is 0 Å². The molecule has 0 saturated carbocycles. The molecule has 0 bridgehead atoms. The van der Waals surface area contributed by atoms with Gasteiger partial charge in [0.25, 0.3) is 10.1 Å². The van der Waals surface area contributed by atoms with Crippen molar-refractivity contribution in [3.63, 3.8) is 0 Å². The SMILES string of the molecule is CCOC(=O)C1=C(COCCN)NC(C)=C(C(=O)OC)C1c1ccccc1Cl.CCOC(=O)C1=C(COCC[NH3+])NC(C)=C(C(=O)OC)C1c1ccccc1Cl.CCS(=O)(=O)O.CCS(=O)(=O)[O-]. The number of esters is 4. The topological polar surface area (TPSA) is 313 Å². The molecule has 24 heteroatoms. The van der Waals surface area contributed by atoms with Gasteiger partial charge >= 0.3 is 23.9 Å². The Labute approximate surface area is 407 Å². The molecule has 0 fully saturated rings. The van der Waals surface area contributed by atoms with Gasteiger partial charge in [0.15, 0.2) is 0 Å². The number of dihydropyridines is 2. The number of carbonyl (C=O) groups is 4. The lowest BCUT2D eigenvalue weighted by atomic mass is 9.80. The van der Waals surface area contributed by atoms with Gasteiger partial charge in [0.2, 0.25) is 0 Å². The van der Waals surface area contributed by atoms with Crippen LogP contribution in [0.15, 0.2) is 93.6 Å². The standard InChI is InChI=1S/2C20H25ClN2O5.2C2H6O3S/c2*1-4-28-20(25)18-15(11-27-10-9-22)23-12(2)16(19(24)26-3)17(18)13-7-5-6-8-14(13)21;2*1-2-6(3,4)5/h2*5-8,17,23H,4,9-11,22H2,1-3H3;2*2H2,1H3,(H,3,4,5). The quantitative estimate of drug-likeness (QED) is 0.0619. The van der Waals surface area contributed by atoms with E-state index in [1.54, 1.807) is 76.2 Å². The normalized spacial score (nSPS) is 15.8. The second-order valence-electron chi connectivity index (χ2n) is 13.9. The van der Waals surface area contributed by atoms with Gasteiger partial charge in [-0.2, -0.15) is 8.42 Å². The van der Waals surface area contributed by atoms with E-state index in [1.165, 1.54) is 28.1 Å². The van der Waals surface area contributed by atoms with Crippen LogP contribution in [-0.2, 0) is 67.8 Å². The van der Waals surface area contributed by atoms with Gasteiger partial charge in [-0.15, -0.1) is 0 Å². The molecule has 2 aliphatic heterocycles. The lowest BCUT2D eigenvalue weighted by Crippen LogP contribution is -2.52. The Bertz CT molecular complexity index is 2240. The monoisotopic (exact) mass is 1040 g/mol. The fourth-order valence-corrected chi connectivity index (χ4v) is 6.75. The first-order valence-corrected chi connectivity index (χ1v) is 24.9. The first-order chi connectivity index (χ1) is 32.0. The molecule has 20 nitrogen and oxygen atoms in total. The first-order valence-electron chi connectivity index (χ1n) is 21.0. The van der Waals surface area contributed by atoms with Gasteiger partial charge in [0.1, 0.15) is 0 Å². The molecular weight excluding hydrogens is 976 g/mol. The Kier molecular flexibility index (Phi) is 27.5. The Morgan fingerprint density at radius 3 is 1.31 bits per heavy atom. The van der Waals surface area contributed by atoms with Crippen molar-refractivity contribution in [1.29, 1.82) is 0 Å². The lowest BCUT2D eigenvalue weighted by Gasteiger charge is -2.31. The van der Waals surface area contributed by atoms with Crippen LogP contribution in [0.25, 0.3) is 0 Å². The van der Waals surface area contributed by atoms with Gasteiger partial charge in [-0.3, -0.25) is 4.55 Å². The maximum absolute atomic E-state index is 12.9. The number of hydrogen-bond acceptors (Lipinski definition) is 18. The van der Waals surface area contributed by atoms with E-state index in [2.05, 4.69) is 16.4 Å². The van der Waals surface area contributed by atoms with Gasteiger partial charge in [0.05, 0.1) is 122 Å². The summed E-state index contributed by atoms with van der Waals surface area (Å²) in [7, 11) is -4.98. The number of methoxy groups -OCH3 is 2. The highest BCUT2D eigenvalue weighted by Gasteiger charge is 2.41. The summed E-state index contributed by atoms with van der Waals surface area (Å²) in [6, 6.07) is 14.1. The van der Waals surface area contributed by atoms with Crippen LogP contribution in [0.3, 0.4) is 0 Å². The smallest absolute Gasteiger partial charge is 0.336 e. The average molecular weight is 1040 g/mol. The molecule has 8 N–H and O–H groups in total. The van der Waals surface area contributed by atoms with Gasteiger partial charge in [0, 0.05) is 33.7 Å². The Morgan fingerprint density at radius 2 is 1.03 bits per heavy atom. The first kappa shape index (κ1) is 61.1. The molecule has 0 aliphatic carbocycles. The molecule has 0 spiro atoms. The van der Waals surface area contributed by atoms with Crippen molar-refractivity contribution in [2.75, 3.05) is 78.5 Å². The molecule has 0 saturated heterocycles. The number of nitrogens with two attached hydrogens (primary N) is 1. The van der Waals surface area contributed by atoms with E-state index in [0.29, 0.717) is 81.4 Å². The molecule has 2 aromatic carbocycles. The number of allylic oxidation sites excluding steroid dienone is 2. The summed E-state index contributed by atoms with van der Waals surface area (Å²) in [5, 5.41) is 7.07. The van der Waals surface area contributed by atoms with E-state index in [4.69, 9.17) is 61.9 Å². The van der Waals surface area contributed by atoms with Crippen LogP contribution < -0.4 is 22.1 Å². The van der Waals surface area contributed by atoms with E-state index in [1.807, 2.05) is 0 Å². The van der Waals surface area contributed by atoms with Gasteiger partial charge in [-0.05, 0) is 57.9 Å². The predicted molar refractivity (Wildman–Crippen MR) is 252 cm³/mol. The molecule has 2 unspecified atom stereocenters. The van der Waals surface area contributed by atoms with Crippen molar-refractivity contribution in [2.24, 2.45) is 5.73 Å². The molecule has 4 rings (SSSR count). The predicted octanol–water partition coefficient (Wildman–Crippen LogP) is 3.26. The highest BCUT2D eigenvalue weighted by molar-refractivity contribution is 7.85. The van der Waals surface area contributed by atoms with Crippen molar-refractivity contribution in [3.8, 4) is 0 Å². The number of halogens is 2. The average Bonchev–Trinajstić information content (AvgIpc) is 3.29. The van der Waals surface area contributed by atoms with E-state index >= 15 is 0 Å². The van der Waals surface area contributed by atoms with Crippen molar-refractivity contribution in [2.45, 2.75) is 53.4 Å². The molecule has 380 valence electrons. The van der Waals surface area contributed by atoms with Gasteiger partial charge in [-0.25, -0.2) is 27.6 Å². The van der Waals surface area contributed by atoms with Crippen LogP contribution in [-0.4, -0.2) is 128 Å². The van der Waals surface area contributed by atoms with Crippen molar-refractivity contribution >= 4 is 67.3 Å². The number of hydrogen-bond donors (Lipinski definition) is 5. The fourth-order valence-electron chi connectivity index (χ4n) is 6.26. The molecule has 2 atom stereocenters. The lowest BCUT2D eigenvalue weighted by molar-refractivity contribution is -0.373. The van der Waals surface area contributed by atoms with Crippen molar-refractivity contribution in [3.05, 3.63) is 115 Å². The Morgan fingerprint density at radius 1 is 0.676 bits per heavy atom. The summed E-state index contributed by atoms with van der Waals surface area (Å²) < 4.78 is 86.9. The van der Waals surface area contributed by atoms with Crippen LogP contribution in [0.2, 0.25) is 10.0 Å². The summed E-state index contributed by atoms with van der Waals surface area (Å²) in [6.07, 6.45) is 0. The van der Waals surface area contributed by atoms with E-state index in [9.17, 15) is 40.6 Å². The summed E-state index contributed by atoms with van der Waals surface area (Å²) in [6.45, 7) is 11.9. The third-order valence-electron chi connectivity index (χ3n) is 9.29. The molecule has 0 aromatic heterocycles. The van der Waals surface area contributed by atoms with Crippen LogP contribution in [0.5, 0.6) is 0 Å². The summed E-state index contributed by atoms with van der Waals surface area (Å²) in [4.78, 5) is 50.9. The molecule has 2 heterocycles. The highest BCUT2D eigenvalue weighted by atomic mass is 35.5. The molecular formula is C44H62Cl2N4O16S2. The fraction of sp³-hybridized carbons (Fsp3) is 0.455. The third-order valence-corrected chi connectivity index (χ3v) is 11.4. The number of carbonyl (C=O) groups excluding carboxylic acids is 4.